The molecule has 11 heavy (non-hydrogen) atoms. The van der Waals surface area contributed by atoms with Gasteiger partial charge in [0.1, 0.15) is 0 Å². The van der Waals surface area contributed by atoms with Crippen LogP contribution in [0.1, 0.15) is 33.1 Å². The molecule has 2 atom stereocenters. The van der Waals surface area contributed by atoms with Crippen LogP contribution >= 0.6 is 0 Å². The predicted octanol–water partition coefficient (Wildman–Crippen LogP) is 3.30. The van der Waals surface area contributed by atoms with Crippen LogP contribution < -0.4 is 0 Å². The summed E-state index contributed by atoms with van der Waals surface area (Å²) in [6, 6.07) is 0. The van der Waals surface area contributed by atoms with Crippen LogP contribution in [0.3, 0.4) is 0 Å². The monoisotopic (exact) mass is 154 g/mol. The van der Waals surface area contributed by atoms with Gasteiger partial charge >= 0.3 is 0 Å². The summed E-state index contributed by atoms with van der Waals surface area (Å²) in [7, 11) is 0. The zero-order chi connectivity index (χ0) is 8.06. The van der Waals surface area contributed by atoms with Crippen LogP contribution in [0.4, 0.5) is 4.39 Å². The summed E-state index contributed by atoms with van der Waals surface area (Å²) in [5.74, 6) is 1.34. The molecule has 0 aliphatic heterocycles. The van der Waals surface area contributed by atoms with Gasteiger partial charge in [0.15, 0.2) is 0 Å². The van der Waals surface area contributed by atoms with E-state index in [0.717, 1.165) is 17.8 Å². The molecular formula is C10H15F. The minimum atomic E-state index is 0.164. The maximum Gasteiger partial charge on any atom is 0.0867 e. The summed E-state index contributed by atoms with van der Waals surface area (Å²) in [5, 5.41) is 0. The second-order valence-corrected chi connectivity index (χ2v) is 4.49. The number of rotatable bonds is 0. The van der Waals surface area contributed by atoms with E-state index < -0.39 is 0 Å². The van der Waals surface area contributed by atoms with Crippen LogP contribution in [-0.4, -0.2) is 0 Å². The third-order valence-corrected chi connectivity index (χ3v) is 3.75. The van der Waals surface area contributed by atoms with Gasteiger partial charge in [0.05, 0.1) is 6.33 Å². The lowest BCUT2D eigenvalue weighted by Gasteiger charge is -2.31. The molecule has 62 valence electrons. The van der Waals surface area contributed by atoms with Crippen molar-refractivity contribution in [2.24, 2.45) is 17.3 Å². The van der Waals surface area contributed by atoms with Gasteiger partial charge in [0.2, 0.25) is 0 Å². The average Bonchev–Trinajstić information content (AvgIpc) is 2.44. The Kier molecular flexibility index (Phi) is 1.39. The van der Waals surface area contributed by atoms with E-state index in [0.29, 0.717) is 5.92 Å². The third kappa shape index (κ3) is 0.800. The average molecular weight is 154 g/mol. The second kappa shape index (κ2) is 2.09. The fraction of sp³-hybridized carbons (Fsp3) is 0.800. The van der Waals surface area contributed by atoms with Crippen molar-refractivity contribution < 1.29 is 4.39 Å². The first kappa shape index (κ1) is 7.33. The number of fused-ring (bicyclic) bond motifs is 2. The molecule has 0 unspecified atom stereocenters. The van der Waals surface area contributed by atoms with E-state index in [1.165, 1.54) is 19.3 Å². The molecule has 2 aliphatic carbocycles. The highest BCUT2D eigenvalue weighted by Crippen LogP contribution is 2.58. The van der Waals surface area contributed by atoms with Gasteiger partial charge in [-0.2, -0.15) is 0 Å². The standard InChI is InChI=1S/C10H15F/c1-10(2)8-4-3-7(5-8)9(10)6-11/h6-8H,3-5H2,1-2H3/b9-6+/t7-,8-/m0/s1. The van der Waals surface area contributed by atoms with Gasteiger partial charge in [-0.05, 0) is 42.1 Å². The van der Waals surface area contributed by atoms with Gasteiger partial charge in [0, 0.05) is 0 Å². The first-order valence-electron chi connectivity index (χ1n) is 4.47. The second-order valence-electron chi connectivity index (χ2n) is 4.49. The first-order chi connectivity index (χ1) is 5.16. The van der Waals surface area contributed by atoms with Crippen LogP contribution in [-0.2, 0) is 0 Å². The lowest BCUT2D eigenvalue weighted by atomic mass is 9.73. The highest BCUT2D eigenvalue weighted by atomic mass is 19.1. The lowest BCUT2D eigenvalue weighted by Crippen LogP contribution is -2.22. The zero-order valence-electron chi connectivity index (χ0n) is 7.23. The molecule has 0 N–H and O–H groups in total. The Morgan fingerprint density at radius 3 is 2.55 bits per heavy atom. The van der Waals surface area contributed by atoms with E-state index in [2.05, 4.69) is 13.8 Å². The highest BCUT2D eigenvalue weighted by molar-refractivity contribution is 5.24. The molecule has 0 aromatic rings. The van der Waals surface area contributed by atoms with Crippen molar-refractivity contribution in [2.75, 3.05) is 0 Å². The lowest BCUT2D eigenvalue weighted by molar-refractivity contribution is 0.284. The van der Waals surface area contributed by atoms with Crippen LogP contribution in [0.25, 0.3) is 0 Å². The molecule has 2 aliphatic rings. The van der Waals surface area contributed by atoms with Crippen molar-refractivity contribution in [1.29, 1.82) is 0 Å². The van der Waals surface area contributed by atoms with Crippen molar-refractivity contribution >= 4 is 0 Å². The fourth-order valence-corrected chi connectivity index (χ4v) is 2.91. The molecule has 0 spiro atoms. The molecule has 0 nitrogen and oxygen atoms in total. The SMILES string of the molecule is CC1(C)/C(=C/F)[C@H]2CC[C@H]1C2. The Labute approximate surface area is 67.5 Å². The van der Waals surface area contributed by atoms with Crippen LogP contribution in [0.15, 0.2) is 11.9 Å². The molecule has 0 aromatic heterocycles. The largest absolute Gasteiger partial charge is 0.216 e. The van der Waals surface area contributed by atoms with Crippen molar-refractivity contribution in [3.05, 3.63) is 11.9 Å². The molecule has 0 radical (unpaired) electrons. The third-order valence-electron chi connectivity index (χ3n) is 3.75. The summed E-state index contributed by atoms with van der Waals surface area (Å²) in [4.78, 5) is 0. The maximum atomic E-state index is 12.5. The van der Waals surface area contributed by atoms with E-state index in [1.54, 1.807) is 0 Å². The first-order valence-corrected chi connectivity index (χ1v) is 4.47. The minimum Gasteiger partial charge on any atom is -0.216 e. The fourth-order valence-electron chi connectivity index (χ4n) is 2.91. The van der Waals surface area contributed by atoms with Gasteiger partial charge in [-0.3, -0.25) is 0 Å². The minimum absolute atomic E-state index is 0.164. The summed E-state index contributed by atoms with van der Waals surface area (Å²) in [6.07, 6.45) is 4.64. The molecule has 2 fully saturated rings. The summed E-state index contributed by atoms with van der Waals surface area (Å²) < 4.78 is 12.5. The Hall–Kier alpha value is -0.330. The molecular weight excluding hydrogens is 139 g/mol. The van der Waals surface area contributed by atoms with Crippen molar-refractivity contribution in [3.63, 3.8) is 0 Å². The van der Waals surface area contributed by atoms with Gasteiger partial charge in [-0.15, -0.1) is 0 Å². The number of allylic oxidation sites excluding steroid dienone is 1. The Morgan fingerprint density at radius 2 is 2.18 bits per heavy atom. The molecule has 2 rings (SSSR count). The van der Waals surface area contributed by atoms with Crippen molar-refractivity contribution in [2.45, 2.75) is 33.1 Å². The van der Waals surface area contributed by atoms with Gasteiger partial charge in [-0.25, -0.2) is 4.39 Å². The summed E-state index contributed by atoms with van der Waals surface area (Å²) >= 11 is 0. The summed E-state index contributed by atoms with van der Waals surface area (Å²) in [6.45, 7) is 4.37. The molecule has 0 aromatic carbocycles. The Bertz CT molecular complexity index is 203. The topological polar surface area (TPSA) is 0 Å². The quantitative estimate of drug-likeness (QED) is 0.502. The van der Waals surface area contributed by atoms with Gasteiger partial charge < -0.3 is 0 Å². The van der Waals surface area contributed by atoms with Crippen LogP contribution in [0.5, 0.6) is 0 Å². The van der Waals surface area contributed by atoms with E-state index >= 15 is 0 Å². The number of hydrogen-bond donors (Lipinski definition) is 0. The van der Waals surface area contributed by atoms with Gasteiger partial charge in [-0.1, -0.05) is 13.8 Å². The Balaban J connectivity index is 2.36. The van der Waals surface area contributed by atoms with Crippen molar-refractivity contribution in [3.8, 4) is 0 Å². The molecule has 2 bridgehead atoms. The van der Waals surface area contributed by atoms with Gasteiger partial charge in [0.25, 0.3) is 0 Å². The maximum absolute atomic E-state index is 12.5. The van der Waals surface area contributed by atoms with Crippen LogP contribution in [0.2, 0.25) is 0 Å². The zero-order valence-corrected chi connectivity index (χ0v) is 7.23. The number of halogens is 1. The molecule has 0 saturated heterocycles. The van der Waals surface area contributed by atoms with Crippen molar-refractivity contribution in [1.82, 2.24) is 0 Å². The summed E-state index contributed by atoms with van der Waals surface area (Å²) in [5.41, 5.74) is 1.24. The molecule has 0 amide bonds. The van der Waals surface area contributed by atoms with E-state index in [1.807, 2.05) is 0 Å². The van der Waals surface area contributed by atoms with E-state index in [9.17, 15) is 4.39 Å². The Morgan fingerprint density at radius 1 is 1.45 bits per heavy atom. The molecule has 2 saturated carbocycles. The predicted molar refractivity (Wildman–Crippen MR) is 43.8 cm³/mol. The molecule has 0 heterocycles. The van der Waals surface area contributed by atoms with E-state index in [-0.39, 0.29) is 5.41 Å². The smallest absolute Gasteiger partial charge is 0.0867 e. The van der Waals surface area contributed by atoms with Crippen LogP contribution in [0, 0.1) is 17.3 Å². The molecule has 1 heteroatoms. The normalized spacial score (nSPS) is 43.7. The van der Waals surface area contributed by atoms with E-state index in [4.69, 9.17) is 0 Å². The highest BCUT2D eigenvalue weighted by Gasteiger charge is 2.48. The number of hydrogen-bond acceptors (Lipinski definition) is 0.